The van der Waals surface area contributed by atoms with E-state index in [2.05, 4.69) is 131 Å². The van der Waals surface area contributed by atoms with E-state index in [-0.39, 0.29) is 0 Å². The number of nitrogens with zero attached hydrogens (tertiary/aromatic N) is 4. The zero-order valence-corrected chi connectivity index (χ0v) is 26.9. The van der Waals surface area contributed by atoms with Gasteiger partial charge in [-0.05, 0) is 79.2 Å². The molecule has 0 saturated carbocycles. The highest BCUT2D eigenvalue weighted by Crippen LogP contribution is 2.47. The van der Waals surface area contributed by atoms with Crippen molar-refractivity contribution in [1.29, 1.82) is 10.5 Å². The minimum absolute atomic E-state index is 0.551. The van der Waals surface area contributed by atoms with E-state index < -0.39 is 0 Å². The first-order chi connectivity index (χ1) is 24.2. The second-order valence-electron chi connectivity index (χ2n) is 12.1. The molecule has 6 aromatic carbocycles. The molecule has 0 aliphatic rings. The molecule has 226 valence electrons. The Labute approximate surface area is 286 Å². The van der Waals surface area contributed by atoms with Gasteiger partial charge in [-0.2, -0.15) is 10.5 Å². The summed E-state index contributed by atoms with van der Waals surface area (Å²) in [5.41, 5.74) is 9.69. The molecule has 49 heavy (non-hydrogen) atoms. The Hall–Kier alpha value is -6.66. The third kappa shape index (κ3) is 4.81. The van der Waals surface area contributed by atoms with Gasteiger partial charge in [-0.3, -0.25) is 9.97 Å². The highest BCUT2D eigenvalue weighted by molar-refractivity contribution is 7.26. The first-order valence-electron chi connectivity index (χ1n) is 15.9. The van der Waals surface area contributed by atoms with Crippen LogP contribution in [0.25, 0.3) is 86.2 Å². The van der Waals surface area contributed by atoms with Crippen LogP contribution in [0.5, 0.6) is 0 Å². The van der Waals surface area contributed by atoms with E-state index >= 15 is 0 Å². The van der Waals surface area contributed by atoms with Crippen LogP contribution in [0.1, 0.15) is 11.1 Å². The van der Waals surface area contributed by atoms with E-state index in [0.717, 1.165) is 33.4 Å². The van der Waals surface area contributed by atoms with E-state index in [1.165, 1.54) is 52.8 Å². The van der Waals surface area contributed by atoms with Gasteiger partial charge in [-0.25, -0.2) is 0 Å². The van der Waals surface area contributed by atoms with Gasteiger partial charge in [0.05, 0.1) is 11.1 Å². The molecule has 0 aliphatic carbocycles. The molecular formula is C44H24N4S. The normalized spacial score (nSPS) is 11.2. The second-order valence-corrected chi connectivity index (χ2v) is 13.2. The summed E-state index contributed by atoms with van der Waals surface area (Å²) in [4.78, 5) is 8.49. The molecule has 0 spiro atoms. The number of benzene rings is 6. The molecule has 0 atom stereocenters. The Morgan fingerprint density at radius 2 is 0.796 bits per heavy atom. The van der Waals surface area contributed by atoms with Crippen molar-refractivity contribution >= 4 is 53.1 Å². The van der Waals surface area contributed by atoms with Gasteiger partial charge in [0, 0.05) is 56.1 Å². The SMILES string of the molecule is N#Cc1cncc(-c2ccc(-c3cc4sc5cc(-c6ccc(-c7cncc(C#N)c7)cc6)c6ccccc6c5c4c4ccccc34)cc2)c1. The predicted octanol–water partition coefficient (Wildman–Crippen LogP) is 11.6. The lowest BCUT2D eigenvalue weighted by Crippen LogP contribution is -1.86. The summed E-state index contributed by atoms with van der Waals surface area (Å²) in [6.45, 7) is 0. The third-order valence-electron chi connectivity index (χ3n) is 9.28. The van der Waals surface area contributed by atoms with Crippen LogP contribution in [-0.2, 0) is 0 Å². The highest BCUT2D eigenvalue weighted by Gasteiger charge is 2.18. The maximum Gasteiger partial charge on any atom is 0.101 e. The van der Waals surface area contributed by atoms with E-state index in [9.17, 15) is 10.5 Å². The first kappa shape index (κ1) is 28.6. The zero-order chi connectivity index (χ0) is 32.9. The monoisotopic (exact) mass is 640 g/mol. The average Bonchev–Trinajstić information content (AvgIpc) is 3.56. The molecule has 0 radical (unpaired) electrons. The number of pyridine rings is 2. The van der Waals surface area contributed by atoms with Gasteiger partial charge in [0.1, 0.15) is 12.1 Å². The minimum atomic E-state index is 0.551. The number of aromatic nitrogens is 2. The fourth-order valence-corrected chi connectivity index (χ4v) is 8.19. The van der Waals surface area contributed by atoms with Crippen LogP contribution in [0.3, 0.4) is 0 Å². The van der Waals surface area contributed by atoms with E-state index in [4.69, 9.17) is 0 Å². The van der Waals surface area contributed by atoms with Gasteiger partial charge in [0.2, 0.25) is 0 Å². The van der Waals surface area contributed by atoms with Gasteiger partial charge in [0.15, 0.2) is 0 Å². The molecule has 9 rings (SSSR count). The number of nitriles is 2. The molecule has 0 unspecified atom stereocenters. The van der Waals surface area contributed by atoms with Gasteiger partial charge < -0.3 is 0 Å². The Morgan fingerprint density at radius 3 is 1.20 bits per heavy atom. The Kier molecular flexibility index (Phi) is 6.73. The van der Waals surface area contributed by atoms with E-state index in [1.54, 1.807) is 24.8 Å². The molecule has 0 bridgehead atoms. The van der Waals surface area contributed by atoms with Crippen molar-refractivity contribution in [2.24, 2.45) is 0 Å². The van der Waals surface area contributed by atoms with Crippen molar-refractivity contribution in [2.45, 2.75) is 0 Å². The zero-order valence-electron chi connectivity index (χ0n) is 26.1. The van der Waals surface area contributed by atoms with Crippen LogP contribution in [-0.4, -0.2) is 9.97 Å². The molecule has 0 N–H and O–H groups in total. The Morgan fingerprint density at radius 1 is 0.408 bits per heavy atom. The lowest BCUT2D eigenvalue weighted by molar-refractivity contribution is 1.30. The minimum Gasteiger partial charge on any atom is -0.263 e. The van der Waals surface area contributed by atoms with Crippen LogP contribution in [0, 0.1) is 22.7 Å². The molecule has 9 aromatic rings. The summed E-state index contributed by atoms with van der Waals surface area (Å²) < 4.78 is 2.50. The lowest BCUT2D eigenvalue weighted by Gasteiger charge is -2.12. The summed E-state index contributed by atoms with van der Waals surface area (Å²) in [6, 6.07) is 47.4. The van der Waals surface area contributed by atoms with Crippen molar-refractivity contribution in [3.8, 4) is 56.6 Å². The summed E-state index contributed by atoms with van der Waals surface area (Å²) in [5.74, 6) is 0. The van der Waals surface area contributed by atoms with Gasteiger partial charge in [0.25, 0.3) is 0 Å². The number of rotatable bonds is 4. The molecular weight excluding hydrogens is 617 g/mol. The molecule has 3 heterocycles. The topological polar surface area (TPSA) is 73.4 Å². The molecule has 5 heteroatoms. The van der Waals surface area contributed by atoms with Crippen molar-refractivity contribution < 1.29 is 0 Å². The van der Waals surface area contributed by atoms with E-state index in [0.29, 0.717) is 11.1 Å². The van der Waals surface area contributed by atoms with Crippen LogP contribution in [0.2, 0.25) is 0 Å². The van der Waals surface area contributed by atoms with Gasteiger partial charge in [-0.1, -0.05) is 97.1 Å². The van der Waals surface area contributed by atoms with E-state index in [1.807, 2.05) is 23.5 Å². The van der Waals surface area contributed by atoms with Crippen molar-refractivity contribution in [2.75, 3.05) is 0 Å². The molecule has 0 aliphatic heterocycles. The molecule has 0 fully saturated rings. The second kappa shape index (κ2) is 11.5. The maximum absolute atomic E-state index is 9.34. The van der Waals surface area contributed by atoms with Crippen LogP contribution >= 0.6 is 11.3 Å². The lowest BCUT2D eigenvalue weighted by atomic mass is 9.91. The summed E-state index contributed by atoms with van der Waals surface area (Å²) in [7, 11) is 0. The number of thiophene rings is 1. The van der Waals surface area contributed by atoms with Crippen molar-refractivity contribution in [1.82, 2.24) is 9.97 Å². The van der Waals surface area contributed by atoms with Crippen molar-refractivity contribution in [3.63, 3.8) is 0 Å². The van der Waals surface area contributed by atoms with Crippen molar-refractivity contribution in [3.05, 3.63) is 157 Å². The average molecular weight is 641 g/mol. The largest absolute Gasteiger partial charge is 0.263 e. The highest BCUT2D eigenvalue weighted by atomic mass is 32.1. The summed E-state index contributed by atoms with van der Waals surface area (Å²) in [6.07, 6.45) is 6.77. The smallest absolute Gasteiger partial charge is 0.101 e. The fraction of sp³-hybridized carbons (Fsp3) is 0. The fourth-order valence-electron chi connectivity index (χ4n) is 6.97. The molecule has 4 nitrogen and oxygen atoms in total. The molecule has 0 saturated heterocycles. The molecule has 0 amide bonds. The number of hydrogen-bond donors (Lipinski definition) is 0. The van der Waals surface area contributed by atoms with Crippen LogP contribution < -0.4 is 0 Å². The third-order valence-corrected chi connectivity index (χ3v) is 10.4. The quantitative estimate of drug-likeness (QED) is 0.192. The predicted molar refractivity (Wildman–Crippen MR) is 201 cm³/mol. The number of hydrogen-bond acceptors (Lipinski definition) is 5. The van der Waals surface area contributed by atoms with Crippen LogP contribution in [0.15, 0.2) is 146 Å². The standard InChI is InChI=1S/C44H24N4S/c45-21-27-17-33(25-47-23-27)29-9-13-31(14-10-29)39-19-41-43(37-7-3-1-5-35(37)39)44-38-8-4-2-6-36(38)40(20-42(44)49-41)32-15-11-30(12-16-32)34-18-28(22-46)24-48-26-34/h1-20,23-26H. The summed E-state index contributed by atoms with van der Waals surface area (Å²) in [5, 5.41) is 26.2. The first-order valence-corrected chi connectivity index (χ1v) is 16.7. The Balaban J connectivity index is 1.21. The molecule has 3 aromatic heterocycles. The number of fused-ring (bicyclic) bond motifs is 7. The Bertz CT molecular complexity index is 2640. The summed E-state index contributed by atoms with van der Waals surface area (Å²) >= 11 is 1.84. The van der Waals surface area contributed by atoms with Gasteiger partial charge >= 0.3 is 0 Å². The maximum atomic E-state index is 9.34. The van der Waals surface area contributed by atoms with Crippen LogP contribution in [0.4, 0.5) is 0 Å². The van der Waals surface area contributed by atoms with Gasteiger partial charge in [-0.15, -0.1) is 11.3 Å².